The van der Waals surface area contributed by atoms with Crippen LogP contribution in [-0.2, 0) is 6.42 Å². The van der Waals surface area contributed by atoms with Gasteiger partial charge in [0.15, 0.2) is 5.75 Å². The summed E-state index contributed by atoms with van der Waals surface area (Å²) in [7, 11) is 0. The summed E-state index contributed by atoms with van der Waals surface area (Å²) in [6.45, 7) is 0. The van der Waals surface area contributed by atoms with E-state index in [1.807, 2.05) is 0 Å². The van der Waals surface area contributed by atoms with Crippen molar-refractivity contribution in [2.75, 3.05) is 0 Å². The molecule has 0 saturated heterocycles. The quantitative estimate of drug-likeness (QED) is 0.626. The summed E-state index contributed by atoms with van der Waals surface area (Å²) >= 11 is 0. The number of hydrogen-bond donors (Lipinski definition) is 0. The zero-order valence-corrected chi connectivity index (χ0v) is 8.43. The minimum atomic E-state index is -5.32. The first-order chi connectivity index (χ1) is 8.24. The molecule has 0 fully saturated rings. The van der Waals surface area contributed by atoms with Crippen molar-refractivity contribution in [3.05, 3.63) is 23.3 Å². The summed E-state index contributed by atoms with van der Waals surface area (Å²) in [5.74, 6) is -3.52. The number of alkyl halides is 5. The van der Waals surface area contributed by atoms with E-state index in [0.717, 1.165) is 0 Å². The van der Waals surface area contributed by atoms with Crippen LogP contribution in [0.3, 0.4) is 0 Å². The highest BCUT2D eigenvalue weighted by molar-refractivity contribution is 5.35. The van der Waals surface area contributed by atoms with Gasteiger partial charge in [0.2, 0.25) is 0 Å². The monoisotopic (exact) mass is 270 g/mol. The van der Waals surface area contributed by atoms with Crippen LogP contribution in [0.25, 0.3) is 0 Å². The first-order valence-electron chi connectivity index (χ1n) is 4.34. The van der Waals surface area contributed by atoms with Gasteiger partial charge in [0, 0.05) is 0 Å². The van der Waals surface area contributed by atoms with Crippen LogP contribution in [-0.4, -0.2) is 11.3 Å². The number of pyridine rings is 1. The maximum Gasteiger partial charge on any atom is 0.573 e. The smallest absolute Gasteiger partial charge is 0.400 e. The van der Waals surface area contributed by atoms with Crippen LogP contribution in [0.1, 0.15) is 17.7 Å². The topological polar surface area (TPSA) is 45.9 Å². The third-order valence-electron chi connectivity index (χ3n) is 1.73. The average Bonchev–Trinajstić information content (AvgIpc) is 2.20. The molecule has 0 atom stereocenters. The fourth-order valence-electron chi connectivity index (χ4n) is 1.12. The summed E-state index contributed by atoms with van der Waals surface area (Å²) in [4.78, 5) is 2.94. The van der Waals surface area contributed by atoms with Gasteiger partial charge in [0.1, 0.15) is 0 Å². The third kappa shape index (κ3) is 3.51. The zero-order chi connectivity index (χ0) is 13.9. The Hall–Kier alpha value is -1.98. The number of halogens is 6. The molecule has 98 valence electrons. The zero-order valence-electron chi connectivity index (χ0n) is 8.43. The standard InChI is InChI=1S/C9H4F6N2O/c10-7(11)5-3-4(1-2-16)17-8(12)6(5)18-9(13,14)15/h3,7H,1H2. The molecule has 1 heterocycles. The number of rotatable bonds is 3. The van der Waals surface area contributed by atoms with E-state index in [4.69, 9.17) is 5.26 Å². The molecule has 0 aliphatic carbocycles. The highest BCUT2D eigenvalue weighted by atomic mass is 19.4. The maximum atomic E-state index is 13.1. The minimum absolute atomic E-state index is 0.403. The van der Waals surface area contributed by atoms with Crippen LogP contribution in [0.5, 0.6) is 5.75 Å². The first kappa shape index (κ1) is 14.1. The lowest BCUT2D eigenvalue weighted by molar-refractivity contribution is -0.276. The normalized spacial score (nSPS) is 11.4. The molecular weight excluding hydrogens is 266 g/mol. The van der Waals surface area contributed by atoms with Gasteiger partial charge in [-0.15, -0.1) is 13.2 Å². The molecule has 9 heteroatoms. The lowest BCUT2D eigenvalue weighted by atomic mass is 10.2. The summed E-state index contributed by atoms with van der Waals surface area (Å²) in [5.41, 5.74) is -1.70. The van der Waals surface area contributed by atoms with Crippen molar-refractivity contribution in [2.45, 2.75) is 19.2 Å². The SMILES string of the molecule is N#CCc1cc(C(F)F)c(OC(F)(F)F)c(F)n1. The van der Waals surface area contributed by atoms with Gasteiger partial charge in [-0.1, -0.05) is 0 Å². The largest absolute Gasteiger partial charge is 0.573 e. The van der Waals surface area contributed by atoms with Crippen molar-refractivity contribution >= 4 is 0 Å². The van der Waals surface area contributed by atoms with E-state index in [-0.39, 0.29) is 0 Å². The van der Waals surface area contributed by atoms with Crippen molar-refractivity contribution in [3.8, 4) is 11.8 Å². The molecule has 0 aliphatic heterocycles. The van der Waals surface area contributed by atoms with E-state index in [0.29, 0.717) is 6.07 Å². The molecule has 0 radical (unpaired) electrons. The van der Waals surface area contributed by atoms with Crippen LogP contribution in [0.15, 0.2) is 6.07 Å². The maximum absolute atomic E-state index is 13.1. The van der Waals surface area contributed by atoms with Gasteiger partial charge in [-0.3, -0.25) is 0 Å². The Kier molecular flexibility index (Phi) is 4.00. The number of nitrogens with zero attached hydrogens (tertiary/aromatic N) is 2. The number of hydrogen-bond acceptors (Lipinski definition) is 3. The van der Waals surface area contributed by atoms with Crippen LogP contribution in [0.2, 0.25) is 0 Å². The molecule has 1 aromatic rings. The van der Waals surface area contributed by atoms with Gasteiger partial charge in [-0.2, -0.15) is 9.65 Å². The number of aromatic nitrogens is 1. The van der Waals surface area contributed by atoms with Crippen molar-refractivity contribution in [1.82, 2.24) is 4.98 Å². The molecule has 1 aromatic heterocycles. The average molecular weight is 270 g/mol. The third-order valence-corrected chi connectivity index (χ3v) is 1.73. The highest BCUT2D eigenvalue weighted by Gasteiger charge is 2.35. The molecule has 18 heavy (non-hydrogen) atoms. The van der Waals surface area contributed by atoms with Crippen molar-refractivity contribution in [1.29, 1.82) is 5.26 Å². The molecule has 0 bridgehead atoms. The Balaban J connectivity index is 3.28. The minimum Gasteiger partial charge on any atom is -0.400 e. The molecule has 0 aromatic carbocycles. The Bertz CT molecular complexity index is 479. The number of ether oxygens (including phenoxy) is 1. The molecule has 0 aliphatic rings. The summed E-state index contributed by atoms with van der Waals surface area (Å²) in [6, 6.07) is 2.01. The lowest BCUT2D eigenvalue weighted by Crippen LogP contribution is -2.20. The molecule has 0 amide bonds. The molecular formula is C9H4F6N2O. The second-order valence-corrected chi connectivity index (χ2v) is 3.01. The summed E-state index contributed by atoms with van der Waals surface area (Å²) in [5, 5.41) is 8.28. The van der Waals surface area contributed by atoms with Gasteiger partial charge in [0.05, 0.1) is 23.7 Å². The fourth-order valence-corrected chi connectivity index (χ4v) is 1.12. The predicted octanol–water partition coefficient (Wildman–Crippen LogP) is 3.12. The van der Waals surface area contributed by atoms with Gasteiger partial charge < -0.3 is 4.74 Å². The van der Waals surface area contributed by atoms with Crippen LogP contribution >= 0.6 is 0 Å². The lowest BCUT2D eigenvalue weighted by Gasteiger charge is -2.13. The molecule has 1 rings (SSSR count). The molecule has 0 unspecified atom stereocenters. The van der Waals surface area contributed by atoms with Crippen LogP contribution < -0.4 is 4.74 Å². The van der Waals surface area contributed by atoms with E-state index in [1.54, 1.807) is 0 Å². The number of nitriles is 1. The van der Waals surface area contributed by atoms with Gasteiger partial charge in [-0.25, -0.2) is 13.8 Å². The Morgan fingerprint density at radius 3 is 2.44 bits per heavy atom. The predicted molar refractivity (Wildman–Crippen MR) is 45.2 cm³/mol. The highest BCUT2D eigenvalue weighted by Crippen LogP contribution is 2.34. The Morgan fingerprint density at radius 2 is 2.00 bits per heavy atom. The molecule has 0 saturated carbocycles. The van der Waals surface area contributed by atoms with Crippen molar-refractivity contribution < 1.29 is 31.1 Å². The van der Waals surface area contributed by atoms with Crippen LogP contribution in [0.4, 0.5) is 26.3 Å². The fraction of sp³-hybridized carbons (Fsp3) is 0.333. The van der Waals surface area contributed by atoms with Gasteiger partial charge in [0.25, 0.3) is 12.4 Å². The van der Waals surface area contributed by atoms with E-state index in [1.165, 1.54) is 6.07 Å². The van der Waals surface area contributed by atoms with E-state index < -0.39 is 42.2 Å². The second kappa shape index (κ2) is 5.12. The molecule has 0 spiro atoms. The van der Waals surface area contributed by atoms with Gasteiger partial charge in [-0.05, 0) is 6.07 Å². The van der Waals surface area contributed by atoms with Gasteiger partial charge >= 0.3 is 6.36 Å². The molecule has 0 N–H and O–H groups in total. The van der Waals surface area contributed by atoms with Crippen molar-refractivity contribution in [2.24, 2.45) is 0 Å². The van der Waals surface area contributed by atoms with Crippen molar-refractivity contribution in [3.63, 3.8) is 0 Å². The van der Waals surface area contributed by atoms with E-state index in [2.05, 4.69) is 9.72 Å². The Morgan fingerprint density at radius 1 is 1.39 bits per heavy atom. The Labute approximate surface area is 96.6 Å². The van der Waals surface area contributed by atoms with E-state index in [9.17, 15) is 26.3 Å². The van der Waals surface area contributed by atoms with Crippen LogP contribution in [0, 0.1) is 17.3 Å². The summed E-state index contributed by atoms with van der Waals surface area (Å²) in [6.07, 6.45) is -9.22. The second-order valence-electron chi connectivity index (χ2n) is 3.01. The van der Waals surface area contributed by atoms with E-state index >= 15 is 0 Å². The summed E-state index contributed by atoms with van der Waals surface area (Å²) < 4.78 is 77.0. The molecule has 3 nitrogen and oxygen atoms in total. The first-order valence-corrected chi connectivity index (χ1v) is 4.34.